The summed E-state index contributed by atoms with van der Waals surface area (Å²) < 4.78 is 10.4. The Balaban J connectivity index is 0.00000128. The average molecular weight is 246 g/mol. The Hall–Kier alpha value is -0.970. The van der Waals surface area contributed by atoms with Crippen LogP contribution in [-0.4, -0.2) is 32.0 Å². The Morgan fingerprint density at radius 3 is 2.88 bits per heavy atom. The third kappa shape index (κ3) is 2.78. The highest BCUT2D eigenvalue weighted by Gasteiger charge is 2.18. The number of aromatic hydroxyl groups is 1. The molecule has 1 saturated heterocycles. The third-order valence-corrected chi connectivity index (χ3v) is 2.53. The van der Waals surface area contributed by atoms with E-state index in [2.05, 4.69) is 5.32 Å². The fourth-order valence-electron chi connectivity index (χ4n) is 1.71. The second kappa shape index (κ2) is 5.94. The molecule has 0 amide bonds. The fraction of sp³-hybridized carbons (Fsp3) is 0.455. The molecule has 0 bridgehead atoms. The Kier molecular flexibility index (Phi) is 4.86. The van der Waals surface area contributed by atoms with Crippen molar-refractivity contribution in [1.82, 2.24) is 5.32 Å². The molecule has 0 radical (unpaired) electrons. The van der Waals surface area contributed by atoms with E-state index in [1.807, 2.05) is 12.1 Å². The topological polar surface area (TPSA) is 50.7 Å². The van der Waals surface area contributed by atoms with Crippen molar-refractivity contribution in [2.75, 3.05) is 26.9 Å². The lowest BCUT2D eigenvalue weighted by Gasteiger charge is -2.24. The van der Waals surface area contributed by atoms with Crippen molar-refractivity contribution < 1.29 is 14.6 Å². The van der Waals surface area contributed by atoms with Gasteiger partial charge < -0.3 is 19.9 Å². The second-order valence-electron chi connectivity index (χ2n) is 3.51. The van der Waals surface area contributed by atoms with Gasteiger partial charge in [0.2, 0.25) is 0 Å². The van der Waals surface area contributed by atoms with Crippen LogP contribution in [-0.2, 0) is 4.74 Å². The minimum absolute atomic E-state index is 0. The Morgan fingerprint density at radius 1 is 1.50 bits per heavy atom. The summed E-state index contributed by atoms with van der Waals surface area (Å²) in [5, 5.41) is 13.1. The number of hydrogen-bond acceptors (Lipinski definition) is 4. The van der Waals surface area contributed by atoms with Gasteiger partial charge in [0.05, 0.1) is 26.4 Å². The van der Waals surface area contributed by atoms with Crippen LogP contribution in [0.25, 0.3) is 0 Å². The summed E-state index contributed by atoms with van der Waals surface area (Å²) in [6.07, 6.45) is 0. The number of phenolic OH excluding ortho intramolecular Hbond substituents is 1. The van der Waals surface area contributed by atoms with Gasteiger partial charge >= 0.3 is 0 Å². The number of halogens is 1. The summed E-state index contributed by atoms with van der Waals surface area (Å²) in [5.41, 5.74) is 0.857. The van der Waals surface area contributed by atoms with E-state index in [0.717, 1.165) is 18.7 Å². The van der Waals surface area contributed by atoms with Crippen LogP contribution < -0.4 is 10.1 Å². The van der Waals surface area contributed by atoms with E-state index in [-0.39, 0.29) is 24.2 Å². The third-order valence-electron chi connectivity index (χ3n) is 2.53. The van der Waals surface area contributed by atoms with Crippen LogP contribution in [0.1, 0.15) is 11.6 Å². The Bertz CT molecular complexity index is 340. The molecule has 1 aromatic carbocycles. The van der Waals surface area contributed by atoms with Gasteiger partial charge in [0.25, 0.3) is 0 Å². The first-order valence-electron chi connectivity index (χ1n) is 4.99. The molecule has 0 unspecified atom stereocenters. The van der Waals surface area contributed by atoms with Crippen molar-refractivity contribution in [3.63, 3.8) is 0 Å². The molecule has 5 heteroatoms. The standard InChI is InChI=1S/C11H15NO3.ClH/c1-14-8-2-3-9(11(13)6-8)10-7-15-5-4-12-10;/h2-3,6,10,12-13H,4-5,7H2,1H3;1H/t10-;/m0./s1. The van der Waals surface area contributed by atoms with Gasteiger partial charge in [-0.1, -0.05) is 0 Å². The van der Waals surface area contributed by atoms with Crippen LogP contribution in [0.15, 0.2) is 18.2 Å². The van der Waals surface area contributed by atoms with Gasteiger partial charge in [0.1, 0.15) is 11.5 Å². The zero-order valence-electron chi connectivity index (χ0n) is 9.10. The molecule has 4 nitrogen and oxygen atoms in total. The molecular weight excluding hydrogens is 230 g/mol. The number of benzene rings is 1. The molecule has 1 aliphatic heterocycles. The van der Waals surface area contributed by atoms with Crippen molar-refractivity contribution in [2.24, 2.45) is 0 Å². The van der Waals surface area contributed by atoms with Gasteiger partial charge in [-0.05, 0) is 12.1 Å². The molecule has 2 N–H and O–H groups in total. The minimum Gasteiger partial charge on any atom is -0.507 e. The number of methoxy groups -OCH3 is 1. The molecule has 1 atom stereocenters. The normalized spacial score (nSPS) is 19.9. The maximum atomic E-state index is 9.80. The summed E-state index contributed by atoms with van der Waals surface area (Å²) in [6.45, 7) is 2.14. The number of hydrogen-bond donors (Lipinski definition) is 2. The van der Waals surface area contributed by atoms with Gasteiger partial charge in [-0.15, -0.1) is 12.4 Å². The number of morpholine rings is 1. The van der Waals surface area contributed by atoms with Crippen LogP contribution in [0.3, 0.4) is 0 Å². The summed E-state index contributed by atoms with van der Waals surface area (Å²) in [4.78, 5) is 0. The number of phenols is 1. The zero-order valence-corrected chi connectivity index (χ0v) is 9.92. The molecule has 1 fully saturated rings. The second-order valence-corrected chi connectivity index (χ2v) is 3.51. The van der Waals surface area contributed by atoms with E-state index >= 15 is 0 Å². The van der Waals surface area contributed by atoms with Crippen LogP contribution in [0.5, 0.6) is 11.5 Å². The predicted molar refractivity (Wildman–Crippen MR) is 63.5 cm³/mol. The lowest BCUT2D eigenvalue weighted by molar-refractivity contribution is 0.0760. The molecule has 1 aliphatic rings. The van der Waals surface area contributed by atoms with Crippen molar-refractivity contribution in [1.29, 1.82) is 0 Å². The highest BCUT2D eigenvalue weighted by Crippen LogP contribution is 2.29. The number of rotatable bonds is 2. The number of nitrogens with one attached hydrogen (secondary N) is 1. The molecule has 1 heterocycles. The van der Waals surface area contributed by atoms with Crippen LogP contribution in [0.2, 0.25) is 0 Å². The molecule has 0 saturated carbocycles. The van der Waals surface area contributed by atoms with Gasteiger partial charge in [0.15, 0.2) is 0 Å². The van der Waals surface area contributed by atoms with Gasteiger partial charge in [-0.3, -0.25) is 0 Å². The quantitative estimate of drug-likeness (QED) is 0.829. The predicted octanol–water partition coefficient (Wildman–Crippen LogP) is 1.48. The van der Waals surface area contributed by atoms with Crippen LogP contribution in [0, 0.1) is 0 Å². The molecule has 16 heavy (non-hydrogen) atoms. The van der Waals surface area contributed by atoms with Crippen LogP contribution in [0.4, 0.5) is 0 Å². The SMILES string of the molecule is COc1ccc([C@@H]2COCCN2)c(O)c1.Cl. The first-order chi connectivity index (χ1) is 7.31. The van der Waals surface area contributed by atoms with Crippen molar-refractivity contribution in [3.05, 3.63) is 23.8 Å². The average Bonchev–Trinajstić information content (AvgIpc) is 2.30. The molecule has 0 aromatic heterocycles. The van der Waals surface area contributed by atoms with E-state index in [1.54, 1.807) is 13.2 Å². The lowest BCUT2D eigenvalue weighted by atomic mass is 10.1. The van der Waals surface area contributed by atoms with Crippen LogP contribution >= 0.6 is 12.4 Å². The summed E-state index contributed by atoms with van der Waals surface area (Å²) >= 11 is 0. The highest BCUT2D eigenvalue weighted by molar-refractivity contribution is 5.85. The smallest absolute Gasteiger partial charge is 0.124 e. The lowest BCUT2D eigenvalue weighted by Crippen LogP contribution is -2.34. The van der Waals surface area contributed by atoms with E-state index in [0.29, 0.717) is 12.4 Å². The van der Waals surface area contributed by atoms with Gasteiger partial charge in [-0.2, -0.15) is 0 Å². The molecule has 1 aromatic rings. The maximum Gasteiger partial charge on any atom is 0.124 e. The molecule has 0 aliphatic carbocycles. The Labute approximate surface area is 101 Å². The highest BCUT2D eigenvalue weighted by atomic mass is 35.5. The monoisotopic (exact) mass is 245 g/mol. The van der Waals surface area contributed by atoms with Crippen molar-refractivity contribution in [3.8, 4) is 11.5 Å². The van der Waals surface area contributed by atoms with E-state index in [4.69, 9.17) is 9.47 Å². The zero-order chi connectivity index (χ0) is 10.7. The number of ether oxygens (including phenoxy) is 2. The minimum atomic E-state index is 0. The summed E-state index contributed by atoms with van der Waals surface area (Å²) in [5.74, 6) is 0.908. The van der Waals surface area contributed by atoms with E-state index in [1.165, 1.54) is 0 Å². The molecule has 0 spiro atoms. The fourth-order valence-corrected chi connectivity index (χ4v) is 1.71. The first kappa shape index (κ1) is 13.1. The molecule has 2 rings (SSSR count). The van der Waals surface area contributed by atoms with Crippen molar-refractivity contribution in [2.45, 2.75) is 6.04 Å². The maximum absolute atomic E-state index is 9.80. The van der Waals surface area contributed by atoms with E-state index in [9.17, 15) is 5.11 Å². The molecular formula is C11H16ClNO3. The van der Waals surface area contributed by atoms with Crippen molar-refractivity contribution >= 4 is 12.4 Å². The molecule has 90 valence electrons. The van der Waals surface area contributed by atoms with Gasteiger partial charge in [-0.25, -0.2) is 0 Å². The first-order valence-corrected chi connectivity index (χ1v) is 4.99. The van der Waals surface area contributed by atoms with E-state index < -0.39 is 0 Å². The summed E-state index contributed by atoms with van der Waals surface area (Å²) in [6, 6.07) is 5.39. The summed E-state index contributed by atoms with van der Waals surface area (Å²) in [7, 11) is 1.58. The largest absolute Gasteiger partial charge is 0.507 e. The Morgan fingerprint density at radius 2 is 2.31 bits per heavy atom. The van der Waals surface area contributed by atoms with Gasteiger partial charge in [0, 0.05) is 18.2 Å².